The van der Waals surface area contributed by atoms with Gasteiger partial charge < -0.3 is 20.1 Å². The van der Waals surface area contributed by atoms with Gasteiger partial charge in [0.15, 0.2) is 5.96 Å². The Morgan fingerprint density at radius 2 is 2.04 bits per heavy atom. The summed E-state index contributed by atoms with van der Waals surface area (Å²) in [5.41, 5.74) is 0.981. The first-order valence-electron chi connectivity index (χ1n) is 8.41. The maximum atomic E-state index is 10.7. The molecule has 1 aromatic rings. The average Bonchev–Trinajstić information content (AvgIpc) is 2.59. The highest BCUT2D eigenvalue weighted by Gasteiger charge is 2.06. The number of nitro benzene ring substituents is 1. The molecule has 0 fully saturated rings. The molecule has 2 N–H and O–H groups in total. The van der Waals surface area contributed by atoms with Crippen molar-refractivity contribution in [1.82, 2.24) is 10.6 Å². The van der Waals surface area contributed by atoms with Crippen LogP contribution in [0.3, 0.4) is 0 Å². The summed E-state index contributed by atoms with van der Waals surface area (Å²) in [6.07, 6.45) is 0.880. The van der Waals surface area contributed by atoms with E-state index >= 15 is 0 Å². The first-order valence-corrected chi connectivity index (χ1v) is 8.41. The van der Waals surface area contributed by atoms with Gasteiger partial charge in [-0.15, -0.1) is 24.0 Å². The number of halogens is 1. The van der Waals surface area contributed by atoms with Crippen molar-refractivity contribution in [1.29, 1.82) is 0 Å². The number of nitrogens with zero attached hydrogens (tertiary/aromatic N) is 2. The first-order chi connectivity index (χ1) is 12.1. The van der Waals surface area contributed by atoms with Gasteiger partial charge in [-0.25, -0.2) is 4.99 Å². The van der Waals surface area contributed by atoms with Crippen molar-refractivity contribution in [3.8, 4) is 0 Å². The second-order valence-electron chi connectivity index (χ2n) is 5.57. The molecule has 1 rings (SSSR count). The topological polar surface area (TPSA) is 98.0 Å². The number of nitrogens with one attached hydrogen (secondary N) is 2. The monoisotopic (exact) mass is 480 g/mol. The highest BCUT2D eigenvalue weighted by Crippen LogP contribution is 2.12. The highest BCUT2D eigenvalue weighted by atomic mass is 127. The van der Waals surface area contributed by atoms with E-state index in [-0.39, 0.29) is 35.7 Å². The minimum Gasteiger partial charge on any atom is -0.383 e. The van der Waals surface area contributed by atoms with E-state index < -0.39 is 4.92 Å². The Morgan fingerprint density at radius 1 is 1.35 bits per heavy atom. The van der Waals surface area contributed by atoms with Crippen LogP contribution in [-0.4, -0.2) is 50.4 Å². The summed E-state index contributed by atoms with van der Waals surface area (Å²) < 4.78 is 10.5. The van der Waals surface area contributed by atoms with Crippen molar-refractivity contribution in [3.05, 3.63) is 39.9 Å². The lowest BCUT2D eigenvalue weighted by Crippen LogP contribution is -2.44. The van der Waals surface area contributed by atoms with Gasteiger partial charge in [0.05, 0.1) is 18.1 Å². The van der Waals surface area contributed by atoms with Crippen LogP contribution in [0.4, 0.5) is 5.69 Å². The van der Waals surface area contributed by atoms with Crippen molar-refractivity contribution in [2.75, 3.05) is 33.5 Å². The normalized spacial score (nSPS) is 12.2. The number of aliphatic imine (C=N–C) groups is 1. The Kier molecular flexibility index (Phi) is 13.9. The number of rotatable bonds is 11. The molecule has 0 aliphatic heterocycles. The van der Waals surface area contributed by atoms with Crippen LogP contribution >= 0.6 is 24.0 Å². The number of guanidine groups is 1. The van der Waals surface area contributed by atoms with Crippen LogP contribution in [0.1, 0.15) is 25.8 Å². The molecule has 0 saturated heterocycles. The van der Waals surface area contributed by atoms with Gasteiger partial charge in [-0.1, -0.05) is 12.1 Å². The Bertz CT molecular complexity index is 540. The predicted octanol–water partition coefficient (Wildman–Crippen LogP) is 2.71. The largest absolute Gasteiger partial charge is 0.383 e. The van der Waals surface area contributed by atoms with Crippen LogP contribution in [0, 0.1) is 10.1 Å². The summed E-state index contributed by atoms with van der Waals surface area (Å²) in [4.78, 5) is 14.8. The van der Waals surface area contributed by atoms with E-state index in [1.54, 1.807) is 19.2 Å². The molecule has 0 radical (unpaired) electrons. The molecule has 0 heterocycles. The summed E-state index contributed by atoms with van der Waals surface area (Å²) in [7, 11) is 1.65. The van der Waals surface area contributed by atoms with E-state index in [1.807, 2.05) is 13.8 Å². The van der Waals surface area contributed by atoms with Crippen molar-refractivity contribution in [3.63, 3.8) is 0 Å². The Hall–Kier alpha value is -1.46. The molecule has 1 atom stereocenters. The fourth-order valence-corrected chi connectivity index (χ4v) is 2.10. The highest BCUT2D eigenvalue weighted by molar-refractivity contribution is 14.0. The smallest absolute Gasteiger partial charge is 0.269 e. The third-order valence-electron chi connectivity index (χ3n) is 3.33. The first kappa shape index (κ1) is 24.5. The van der Waals surface area contributed by atoms with Crippen molar-refractivity contribution in [2.45, 2.75) is 32.9 Å². The molecule has 26 heavy (non-hydrogen) atoms. The van der Waals surface area contributed by atoms with Crippen LogP contribution in [0.2, 0.25) is 0 Å². The van der Waals surface area contributed by atoms with Crippen LogP contribution in [0.25, 0.3) is 0 Å². The van der Waals surface area contributed by atoms with Gasteiger partial charge in [0.25, 0.3) is 5.69 Å². The van der Waals surface area contributed by atoms with Crippen molar-refractivity contribution >= 4 is 35.6 Å². The van der Waals surface area contributed by atoms with E-state index in [0.717, 1.165) is 18.5 Å². The molecule has 0 aliphatic carbocycles. The molecule has 1 unspecified atom stereocenters. The van der Waals surface area contributed by atoms with E-state index in [9.17, 15) is 10.1 Å². The van der Waals surface area contributed by atoms with Gasteiger partial charge in [0.2, 0.25) is 0 Å². The lowest BCUT2D eigenvalue weighted by molar-refractivity contribution is -0.384. The van der Waals surface area contributed by atoms with Gasteiger partial charge in [-0.2, -0.15) is 0 Å². The zero-order valence-electron chi connectivity index (χ0n) is 15.6. The minimum atomic E-state index is -0.410. The third kappa shape index (κ3) is 10.5. The van der Waals surface area contributed by atoms with Gasteiger partial charge in [-0.3, -0.25) is 10.1 Å². The van der Waals surface area contributed by atoms with E-state index in [2.05, 4.69) is 15.6 Å². The molecular weight excluding hydrogens is 451 g/mol. The number of non-ortho nitro benzene ring substituents is 1. The van der Waals surface area contributed by atoms with Crippen molar-refractivity contribution < 1.29 is 14.4 Å². The average molecular weight is 480 g/mol. The second kappa shape index (κ2) is 14.7. The molecule has 0 spiro atoms. The van der Waals surface area contributed by atoms with Crippen molar-refractivity contribution in [2.24, 2.45) is 4.99 Å². The molecule has 0 bridgehead atoms. The van der Waals surface area contributed by atoms with Gasteiger partial charge in [-0.05, 0) is 25.8 Å². The number of ether oxygens (including phenoxy) is 2. The fraction of sp³-hybridized carbons (Fsp3) is 0.588. The number of benzene rings is 1. The number of methoxy groups -OCH3 is 1. The van der Waals surface area contributed by atoms with Gasteiger partial charge in [0, 0.05) is 45.0 Å². The van der Waals surface area contributed by atoms with E-state index in [0.29, 0.717) is 32.3 Å². The summed E-state index contributed by atoms with van der Waals surface area (Å²) >= 11 is 0. The fourth-order valence-electron chi connectivity index (χ4n) is 2.10. The number of nitro groups is 1. The molecule has 0 amide bonds. The molecule has 8 nitrogen and oxygen atoms in total. The predicted molar refractivity (Wildman–Crippen MR) is 113 cm³/mol. The summed E-state index contributed by atoms with van der Waals surface area (Å²) in [6, 6.07) is 6.52. The molecular formula is C17H29IN4O4. The molecule has 0 saturated carbocycles. The zero-order chi connectivity index (χ0) is 18.5. The second-order valence-corrected chi connectivity index (χ2v) is 5.57. The minimum absolute atomic E-state index is 0. The van der Waals surface area contributed by atoms with E-state index in [4.69, 9.17) is 9.47 Å². The van der Waals surface area contributed by atoms with Crippen LogP contribution in [0.15, 0.2) is 29.3 Å². The molecule has 0 aliphatic rings. The SMILES string of the molecule is CCOCCCNC(=NCc1ccc([N+](=O)[O-])cc1)NC(C)COC.I. The van der Waals surface area contributed by atoms with E-state index in [1.165, 1.54) is 12.1 Å². The number of hydrogen-bond acceptors (Lipinski definition) is 5. The Morgan fingerprint density at radius 3 is 2.62 bits per heavy atom. The summed E-state index contributed by atoms with van der Waals surface area (Å²) in [5.74, 6) is 0.680. The Labute approximate surface area is 171 Å². The third-order valence-corrected chi connectivity index (χ3v) is 3.33. The molecule has 148 valence electrons. The standard InChI is InChI=1S/C17H28N4O4.HI/c1-4-25-11-5-10-18-17(20-14(2)13-24-3)19-12-15-6-8-16(9-7-15)21(22)23;/h6-9,14H,4-5,10-13H2,1-3H3,(H2,18,19,20);1H. The lowest BCUT2D eigenvalue weighted by atomic mass is 10.2. The summed E-state index contributed by atoms with van der Waals surface area (Å²) in [6.45, 7) is 7.13. The van der Waals surface area contributed by atoms with Crippen LogP contribution in [-0.2, 0) is 16.0 Å². The maximum Gasteiger partial charge on any atom is 0.269 e. The zero-order valence-corrected chi connectivity index (χ0v) is 17.9. The molecule has 1 aromatic carbocycles. The van der Waals surface area contributed by atoms with Crippen LogP contribution in [0.5, 0.6) is 0 Å². The maximum absolute atomic E-state index is 10.7. The lowest BCUT2D eigenvalue weighted by Gasteiger charge is -2.17. The van der Waals surface area contributed by atoms with Gasteiger partial charge in [0.1, 0.15) is 0 Å². The van der Waals surface area contributed by atoms with Crippen LogP contribution < -0.4 is 10.6 Å². The molecule has 9 heteroatoms. The Balaban J connectivity index is 0.00000625. The quantitative estimate of drug-likeness (QED) is 0.126. The van der Waals surface area contributed by atoms with Gasteiger partial charge >= 0.3 is 0 Å². The summed E-state index contributed by atoms with van der Waals surface area (Å²) in [5, 5.41) is 17.2. The number of hydrogen-bond donors (Lipinski definition) is 2. The molecule has 0 aromatic heterocycles.